The molecule has 4 nitrogen and oxygen atoms in total. The monoisotopic (exact) mass is 308 g/mol. The fourth-order valence-corrected chi connectivity index (χ4v) is 1.96. The Hall–Kier alpha value is -0.160. The fourth-order valence-electron chi connectivity index (χ4n) is 1.70. The lowest BCUT2D eigenvalue weighted by molar-refractivity contribution is -0.121. The topological polar surface area (TPSA) is 44.8 Å². The van der Waals surface area contributed by atoms with Gasteiger partial charge in [0.2, 0.25) is 0 Å². The third-order valence-electron chi connectivity index (χ3n) is 3.03. The highest BCUT2D eigenvalue weighted by atomic mass is 35.5. The van der Waals surface area contributed by atoms with Gasteiger partial charge in [0.25, 0.3) is 0 Å². The van der Waals surface area contributed by atoms with Crippen molar-refractivity contribution in [1.29, 1.82) is 0 Å². The lowest BCUT2D eigenvalue weighted by Crippen LogP contribution is -2.16. The van der Waals surface area contributed by atoms with Gasteiger partial charge in [0.15, 0.2) is 0 Å². The second-order valence-electron chi connectivity index (χ2n) is 4.76. The van der Waals surface area contributed by atoms with Gasteiger partial charge in [-0.3, -0.25) is 4.79 Å². The standard InChI is InChI=1S/C15H29ClO4/c1-3-4-8-18-10-12-20-13-11-19-9-6-15(5-7-16)14(2)17/h15H,3-13H2,1-2H3. The van der Waals surface area contributed by atoms with Crippen LogP contribution < -0.4 is 0 Å². The van der Waals surface area contributed by atoms with Crippen LogP contribution in [0.25, 0.3) is 0 Å². The van der Waals surface area contributed by atoms with E-state index in [-0.39, 0.29) is 11.7 Å². The number of halogens is 1. The van der Waals surface area contributed by atoms with Crippen molar-refractivity contribution < 1.29 is 19.0 Å². The summed E-state index contributed by atoms with van der Waals surface area (Å²) in [5, 5.41) is 0. The first kappa shape index (κ1) is 19.8. The van der Waals surface area contributed by atoms with E-state index in [0.29, 0.717) is 38.9 Å². The summed E-state index contributed by atoms with van der Waals surface area (Å²) in [7, 11) is 0. The highest BCUT2D eigenvalue weighted by Gasteiger charge is 2.12. The molecule has 1 atom stereocenters. The Morgan fingerprint density at radius 3 is 2.00 bits per heavy atom. The normalized spacial score (nSPS) is 12.6. The van der Waals surface area contributed by atoms with Gasteiger partial charge >= 0.3 is 0 Å². The van der Waals surface area contributed by atoms with Crippen molar-refractivity contribution in [2.24, 2.45) is 5.92 Å². The van der Waals surface area contributed by atoms with Crippen molar-refractivity contribution in [3.63, 3.8) is 0 Å². The number of carbonyl (C=O) groups excluding carboxylic acids is 1. The van der Waals surface area contributed by atoms with E-state index in [1.54, 1.807) is 6.92 Å². The van der Waals surface area contributed by atoms with Gasteiger partial charge in [-0.25, -0.2) is 0 Å². The van der Waals surface area contributed by atoms with E-state index >= 15 is 0 Å². The van der Waals surface area contributed by atoms with Crippen molar-refractivity contribution in [3.05, 3.63) is 0 Å². The minimum atomic E-state index is 0.0281. The molecule has 0 spiro atoms. The van der Waals surface area contributed by atoms with Gasteiger partial charge in [0.1, 0.15) is 5.78 Å². The maximum absolute atomic E-state index is 11.3. The van der Waals surface area contributed by atoms with Crippen LogP contribution in [0.1, 0.15) is 39.5 Å². The number of hydrogen-bond acceptors (Lipinski definition) is 4. The summed E-state index contributed by atoms with van der Waals surface area (Å²) in [5.74, 6) is 0.737. The average Bonchev–Trinajstić information content (AvgIpc) is 2.43. The molecule has 0 aromatic rings. The molecule has 0 amide bonds. The van der Waals surface area contributed by atoms with Crippen molar-refractivity contribution in [1.82, 2.24) is 0 Å². The first-order chi connectivity index (χ1) is 9.72. The van der Waals surface area contributed by atoms with E-state index < -0.39 is 0 Å². The van der Waals surface area contributed by atoms with Gasteiger partial charge < -0.3 is 14.2 Å². The van der Waals surface area contributed by atoms with E-state index in [9.17, 15) is 4.79 Å². The molecule has 1 unspecified atom stereocenters. The molecule has 0 heterocycles. The number of alkyl halides is 1. The highest BCUT2D eigenvalue weighted by molar-refractivity contribution is 6.18. The summed E-state index contributed by atoms with van der Waals surface area (Å²) in [4.78, 5) is 11.3. The molecule has 0 aromatic heterocycles. The summed E-state index contributed by atoms with van der Waals surface area (Å²) < 4.78 is 16.2. The van der Waals surface area contributed by atoms with Crippen LogP contribution in [0.2, 0.25) is 0 Å². The third kappa shape index (κ3) is 12.9. The largest absolute Gasteiger partial charge is 0.379 e. The summed E-state index contributed by atoms with van der Waals surface area (Å²) in [6.45, 7) is 7.51. The van der Waals surface area contributed by atoms with Crippen LogP contribution in [0.15, 0.2) is 0 Å². The van der Waals surface area contributed by atoms with Crippen LogP contribution in [0.4, 0.5) is 0 Å². The smallest absolute Gasteiger partial charge is 0.133 e. The van der Waals surface area contributed by atoms with E-state index in [1.807, 2.05) is 0 Å². The van der Waals surface area contributed by atoms with Crippen molar-refractivity contribution in [2.75, 3.05) is 45.5 Å². The van der Waals surface area contributed by atoms with Gasteiger partial charge in [-0.1, -0.05) is 13.3 Å². The van der Waals surface area contributed by atoms with Gasteiger partial charge in [-0.05, 0) is 26.2 Å². The van der Waals surface area contributed by atoms with Gasteiger partial charge in [-0.15, -0.1) is 11.6 Å². The predicted octanol–water partition coefficient (Wildman–Crippen LogP) is 3.06. The average molecular weight is 309 g/mol. The Morgan fingerprint density at radius 1 is 0.950 bits per heavy atom. The molecule has 0 N–H and O–H groups in total. The molecule has 0 saturated heterocycles. The Morgan fingerprint density at radius 2 is 1.50 bits per heavy atom. The zero-order chi connectivity index (χ0) is 15.1. The van der Waals surface area contributed by atoms with Crippen molar-refractivity contribution >= 4 is 17.4 Å². The van der Waals surface area contributed by atoms with Crippen molar-refractivity contribution in [2.45, 2.75) is 39.5 Å². The Labute approximate surface area is 128 Å². The number of carbonyl (C=O) groups is 1. The summed E-state index contributed by atoms with van der Waals surface area (Å²) >= 11 is 5.66. The molecule has 0 aromatic carbocycles. The number of unbranched alkanes of at least 4 members (excludes halogenated alkanes) is 1. The SMILES string of the molecule is CCCCOCCOCCOCCC(CCCl)C(C)=O. The Bertz CT molecular complexity index is 224. The van der Waals surface area contributed by atoms with Gasteiger partial charge in [-0.2, -0.15) is 0 Å². The Kier molecular flexibility index (Phi) is 15.1. The van der Waals surface area contributed by atoms with Crippen LogP contribution in [-0.4, -0.2) is 51.3 Å². The highest BCUT2D eigenvalue weighted by Crippen LogP contribution is 2.11. The predicted molar refractivity (Wildman–Crippen MR) is 81.5 cm³/mol. The van der Waals surface area contributed by atoms with Gasteiger partial charge in [0.05, 0.1) is 26.4 Å². The minimum absolute atomic E-state index is 0.0281. The molecule has 5 heteroatoms. The van der Waals surface area contributed by atoms with Crippen LogP contribution in [-0.2, 0) is 19.0 Å². The van der Waals surface area contributed by atoms with E-state index in [4.69, 9.17) is 25.8 Å². The fraction of sp³-hybridized carbons (Fsp3) is 0.933. The third-order valence-corrected chi connectivity index (χ3v) is 3.25. The van der Waals surface area contributed by atoms with E-state index in [1.165, 1.54) is 0 Å². The second kappa shape index (κ2) is 15.2. The number of Topliss-reactive ketones (excluding diaryl/α,β-unsaturated/α-hetero) is 1. The molecule has 0 aliphatic heterocycles. The molecule has 0 aliphatic carbocycles. The van der Waals surface area contributed by atoms with E-state index in [0.717, 1.165) is 32.3 Å². The van der Waals surface area contributed by atoms with Crippen LogP contribution in [0.3, 0.4) is 0 Å². The van der Waals surface area contributed by atoms with Crippen LogP contribution >= 0.6 is 11.6 Å². The minimum Gasteiger partial charge on any atom is -0.379 e. The second-order valence-corrected chi connectivity index (χ2v) is 5.14. The number of rotatable bonds is 15. The summed E-state index contributed by atoms with van der Waals surface area (Å²) in [6.07, 6.45) is 3.72. The van der Waals surface area contributed by atoms with Crippen LogP contribution in [0.5, 0.6) is 0 Å². The lowest BCUT2D eigenvalue weighted by Gasteiger charge is -2.12. The summed E-state index contributed by atoms with van der Waals surface area (Å²) in [5.41, 5.74) is 0. The van der Waals surface area contributed by atoms with Crippen LogP contribution in [0, 0.1) is 5.92 Å². The van der Waals surface area contributed by atoms with E-state index in [2.05, 4.69) is 6.92 Å². The molecular formula is C15H29ClO4. The molecule has 120 valence electrons. The molecule has 0 radical (unpaired) electrons. The Balaban J connectivity index is 3.25. The molecular weight excluding hydrogens is 280 g/mol. The lowest BCUT2D eigenvalue weighted by atomic mass is 9.99. The zero-order valence-corrected chi connectivity index (χ0v) is 13.6. The van der Waals surface area contributed by atoms with Gasteiger partial charge in [0, 0.05) is 25.0 Å². The molecule has 0 aliphatic rings. The maximum Gasteiger partial charge on any atom is 0.133 e. The quantitative estimate of drug-likeness (QED) is 0.344. The molecule has 0 bridgehead atoms. The van der Waals surface area contributed by atoms with Crippen molar-refractivity contribution in [3.8, 4) is 0 Å². The number of ether oxygens (including phenoxy) is 3. The summed E-state index contributed by atoms with van der Waals surface area (Å²) in [6, 6.07) is 0. The molecule has 0 fully saturated rings. The number of hydrogen-bond donors (Lipinski definition) is 0. The zero-order valence-electron chi connectivity index (χ0n) is 12.9. The molecule has 20 heavy (non-hydrogen) atoms. The molecule has 0 rings (SSSR count). The number of ketones is 1. The first-order valence-corrected chi connectivity index (χ1v) is 8.05. The first-order valence-electron chi connectivity index (χ1n) is 7.52. The maximum atomic E-state index is 11.3. The molecule has 0 saturated carbocycles.